The molecule has 1 amide bonds. The Morgan fingerprint density at radius 1 is 1.09 bits per heavy atom. The fourth-order valence-corrected chi connectivity index (χ4v) is 4.74. The van der Waals surface area contributed by atoms with E-state index in [1.807, 2.05) is 28.9 Å². The number of benzene rings is 2. The lowest BCUT2D eigenvalue weighted by molar-refractivity contribution is 0.0947. The van der Waals surface area contributed by atoms with E-state index in [0.29, 0.717) is 35.5 Å². The number of para-hydroxylation sites is 1. The van der Waals surface area contributed by atoms with Gasteiger partial charge in [-0.05, 0) is 31.0 Å². The highest BCUT2D eigenvalue weighted by molar-refractivity contribution is 5.99. The second kappa shape index (κ2) is 9.61. The highest BCUT2D eigenvalue weighted by Crippen LogP contribution is 2.37. The Morgan fingerprint density at radius 3 is 2.63 bits per heavy atom. The van der Waals surface area contributed by atoms with Crippen molar-refractivity contribution in [1.82, 2.24) is 25.1 Å². The predicted molar refractivity (Wildman–Crippen MR) is 133 cm³/mol. The number of carbonyl (C=O) groups is 1. The van der Waals surface area contributed by atoms with Gasteiger partial charge in [-0.3, -0.25) is 4.79 Å². The molecule has 2 heterocycles. The van der Waals surface area contributed by atoms with Crippen molar-refractivity contribution in [3.05, 3.63) is 59.9 Å². The second-order valence-electron chi connectivity index (χ2n) is 8.60. The van der Waals surface area contributed by atoms with Gasteiger partial charge in [0.1, 0.15) is 29.3 Å². The predicted octanol–water partition coefficient (Wildman–Crippen LogP) is 4.14. The first kappa shape index (κ1) is 22.6. The average molecular weight is 473 g/mol. The van der Waals surface area contributed by atoms with Crippen molar-refractivity contribution in [3.63, 3.8) is 0 Å². The minimum atomic E-state index is -0.222. The standard InChI is InChI=1S/C26H28N6O3/c1-34-20-10-6-5-9-19(20)26(33)28-14-17-12-11-16(13-21(17)35-2)23-22-24(27)29-15-30-25(22)32(31-23)18-7-3-4-8-18/h5-6,9-13,15,18H,3-4,7-8,14H2,1-2H3,(H,28,33)(H2,27,29,30). The lowest BCUT2D eigenvalue weighted by atomic mass is 10.1. The molecule has 9 heteroatoms. The van der Waals surface area contributed by atoms with Crippen LogP contribution in [-0.2, 0) is 6.54 Å². The molecule has 35 heavy (non-hydrogen) atoms. The van der Waals surface area contributed by atoms with Crippen LogP contribution < -0.4 is 20.5 Å². The van der Waals surface area contributed by atoms with Crippen LogP contribution in [0.25, 0.3) is 22.3 Å². The fraction of sp³-hybridized carbons (Fsp3) is 0.308. The molecule has 0 unspecified atom stereocenters. The summed E-state index contributed by atoms with van der Waals surface area (Å²) in [4.78, 5) is 21.4. The molecule has 3 N–H and O–H groups in total. The number of ether oxygens (including phenoxy) is 2. The zero-order valence-electron chi connectivity index (χ0n) is 19.8. The summed E-state index contributed by atoms with van der Waals surface area (Å²) >= 11 is 0. The van der Waals surface area contributed by atoms with Gasteiger partial charge in [0.05, 0.1) is 31.2 Å². The number of rotatable bonds is 7. The number of methoxy groups -OCH3 is 2. The lowest BCUT2D eigenvalue weighted by Crippen LogP contribution is -2.23. The van der Waals surface area contributed by atoms with Crippen molar-refractivity contribution < 1.29 is 14.3 Å². The van der Waals surface area contributed by atoms with Crippen LogP contribution in [0.3, 0.4) is 0 Å². The Hall–Kier alpha value is -4.14. The smallest absolute Gasteiger partial charge is 0.255 e. The summed E-state index contributed by atoms with van der Waals surface area (Å²) in [6.45, 7) is 0.294. The fourth-order valence-electron chi connectivity index (χ4n) is 4.74. The van der Waals surface area contributed by atoms with Crippen LogP contribution in [-0.4, -0.2) is 39.9 Å². The van der Waals surface area contributed by atoms with E-state index < -0.39 is 0 Å². The number of fused-ring (bicyclic) bond motifs is 1. The minimum absolute atomic E-state index is 0.222. The monoisotopic (exact) mass is 472 g/mol. The molecule has 0 saturated heterocycles. The maximum absolute atomic E-state index is 12.7. The zero-order valence-corrected chi connectivity index (χ0v) is 19.8. The molecular formula is C26H28N6O3. The van der Waals surface area contributed by atoms with Crippen molar-refractivity contribution in [2.24, 2.45) is 0 Å². The van der Waals surface area contributed by atoms with E-state index in [4.69, 9.17) is 20.3 Å². The van der Waals surface area contributed by atoms with Crippen molar-refractivity contribution in [1.29, 1.82) is 0 Å². The van der Waals surface area contributed by atoms with E-state index in [1.165, 1.54) is 19.2 Å². The molecule has 9 nitrogen and oxygen atoms in total. The van der Waals surface area contributed by atoms with Crippen LogP contribution in [0.2, 0.25) is 0 Å². The number of aromatic nitrogens is 4. The maximum Gasteiger partial charge on any atom is 0.255 e. The number of hydrogen-bond acceptors (Lipinski definition) is 7. The summed E-state index contributed by atoms with van der Waals surface area (Å²) in [5.41, 5.74) is 9.92. The number of carbonyl (C=O) groups excluding carboxylic acids is 1. The molecule has 1 aliphatic rings. The maximum atomic E-state index is 12.7. The van der Waals surface area contributed by atoms with Gasteiger partial charge in [0.15, 0.2) is 5.65 Å². The Bertz CT molecular complexity index is 1380. The van der Waals surface area contributed by atoms with Crippen LogP contribution in [0.1, 0.15) is 47.6 Å². The van der Waals surface area contributed by atoms with Crippen molar-refractivity contribution >= 4 is 22.8 Å². The van der Waals surface area contributed by atoms with Gasteiger partial charge in [0.25, 0.3) is 5.91 Å². The van der Waals surface area contributed by atoms with Gasteiger partial charge in [-0.2, -0.15) is 5.10 Å². The molecule has 0 aliphatic heterocycles. The molecular weight excluding hydrogens is 444 g/mol. The Labute approximate surface area is 203 Å². The molecule has 0 spiro atoms. The highest BCUT2D eigenvalue weighted by atomic mass is 16.5. The molecule has 0 radical (unpaired) electrons. The summed E-state index contributed by atoms with van der Waals surface area (Å²) in [5, 5.41) is 8.63. The van der Waals surface area contributed by atoms with Crippen LogP contribution >= 0.6 is 0 Å². The van der Waals surface area contributed by atoms with Gasteiger partial charge in [0.2, 0.25) is 0 Å². The van der Waals surface area contributed by atoms with Gasteiger partial charge in [-0.25, -0.2) is 14.6 Å². The average Bonchev–Trinajstić information content (AvgIpc) is 3.56. The third-order valence-corrected chi connectivity index (χ3v) is 6.54. The van der Waals surface area contributed by atoms with Crippen molar-refractivity contribution in [3.8, 4) is 22.8 Å². The van der Waals surface area contributed by atoms with Crippen molar-refractivity contribution in [2.75, 3.05) is 20.0 Å². The van der Waals surface area contributed by atoms with Gasteiger partial charge < -0.3 is 20.5 Å². The molecule has 1 saturated carbocycles. The topological polar surface area (TPSA) is 117 Å². The summed E-state index contributed by atoms with van der Waals surface area (Å²) in [7, 11) is 3.15. The molecule has 1 aliphatic carbocycles. The Morgan fingerprint density at radius 2 is 1.86 bits per heavy atom. The van der Waals surface area contributed by atoms with E-state index in [2.05, 4.69) is 15.3 Å². The number of nitrogens with zero attached hydrogens (tertiary/aromatic N) is 4. The molecule has 4 aromatic rings. The van der Waals surface area contributed by atoms with Crippen LogP contribution in [0.15, 0.2) is 48.8 Å². The molecule has 180 valence electrons. The molecule has 2 aromatic carbocycles. The summed E-state index contributed by atoms with van der Waals surface area (Å²) in [6.07, 6.45) is 6.02. The van der Waals surface area contributed by atoms with Gasteiger partial charge in [-0.1, -0.05) is 37.1 Å². The molecule has 2 aromatic heterocycles. The zero-order chi connectivity index (χ0) is 24.4. The van der Waals surface area contributed by atoms with Gasteiger partial charge in [0, 0.05) is 17.7 Å². The third kappa shape index (κ3) is 4.25. The molecule has 5 rings (SSSR count). The molecule has 0 bridgehead atoms. The van der Waals surface area contributed by atoms with Crippen LogP contribution in [0, 0.1) is 0 Å². The first-order chi connectivity index (χ1) is 17.1. The van der Waals surface area contributed by atoms with Gasteiger partial charge >= 0.3 is 0 Å². The van der Waals surface area contributed by atoms with E-state index in [0.717, 1.165) is 40.7 Å². The number of nitrogens with one attached hydrogen (secondary N) is 1. The van der Waals surface area contributed by atoms with Crippen LogP contribution in [0.5, 0.6) is 11.5 Å². The van der Waals surface area contributed by atoms with Gasteiger partial charge in [-0.15, -0.1) is 0 Å². The summed E-state index contributed by atoms with van der Waals surface area (Å²) in [6, 6.07) is 13.2. The van der Waals surface area contributed by atoms with E-state index in [9.17, 15) is 4.79 Å². The largest absolute Gasteiger partial charge is 0.496 e. The second-order valence-corrected chi connectivity index (χ2v) is 8.60. The number of nitrogens with two attached hydrogens (primary N) is 1. The third-order valence-electron chi connectivity index (χ3n) is 6.54. The normalized spacial score (nSPS) is 13.8. The highest BCUT2D eigenvalue weighted by Gasteiger charge is 2.25. The Kier molecular flexibility index (Phi) is 6.22. The summed E-state index contributed by atoms with van der Waals surface area (Å²) in [5.74, 6) is 1.35. The first-order valence-electron chi connectivity index (χ1n) is 11.7. The van der Waals surface area contributed by atoms with E-state index in [-0.39, 0.29) is 5.91 Å². The first-order valence-corrected chi connectivity index (χ1v) is 11.7. The SMILES string of the molecule is COc1cc(-c2nn(C3CCCC3)c3ncnc(N)c23)ccc1CNC(=O)c1ccccc1OC. The molecule has 0 atom stereocenters. The number of amides is 1. The number of hydrogen-bond donors (Lipinski definition) is 2. The van der Waals surface area contributed by atoms with Crippen molar-refractivity contribution in [2.45, 2.75) is 38.3 Å². The Balaban J connectivity index is 1.45. The molecule has 1 fully saturated rings. The minimum Gasteiger partial charge on any atom is -0.496 e. The lowest BCUT2D eigenvalue weighted by Gasteiger charge is -2.13. The summed E-state index contributed by atoms with van der Waals surface area (Å²) < 4.78 is 13.0. The number of anilines is 1. The van der Waals surface area contributed by atoms with E-state index >= 15 is 0 Å². The number of nitrogen functional groups attached to an aromatic ring is 1. The quantitative estimate of drug-likeness (QED) is 0.415. The van der Waals surface area contributed by atoms with E-state index in [1.54, 1.807) is 32.4 Å². The van der Waals surface area contributed by atoms with Crippen LogP contribution in [0.4, 0.5) is 5.82 Å².